The maximum absolute atomic E-state index is 13.2. The van der Waals surface area contributed by atoms with E-state index in [4.69, 9.17) is 23.2 Å². The third-order valence-corrected chi connectivity index (χ3v) is 3.66. The lowest BCUT2D eigenvalue weighted by Crippen LogP contribution is -2.09. The molecule has 1 unspecified atom stereocenters. The second-order valence-electron chi connectivity index (χ2n) is 4.29. The molecule has 1 nitrogen and oxygen atoms in total. The zero-order valence-electron chi connectivity index (χ0n) is 10.5. The summed E-state index contributed by atoms with van der Waals surface area (Å²) in [4.78, 5) is 0. The summed E-state index contributed by atoms with van der Waals surface area (Å²) in [6.45, 7) is 2.06. The van der Waals surface area contributed by atoms with E-state index in [0.717, 1.165) is 17.7 Å². The summed E-state index contributed by atoms with van der Waals surface area (Å²) in [7, 11) is 0. The lowest BCUT2D eigenvalue weighted by Gasteiger charge is -2.19. The van der Waals surface area contributed by atoms with Gasteiger partial charge >= 0.3 is 0 Å². The molecule has 0 fully saturated rings. The van der Waals surface area contributed by atoms with E-state index >= 15 is 0 Å². The molecule has 0 bridgehead atoms. The van der Waals surface area contributed by atoms with Gasteiger partial charge in [-0.15, -0.1) is 0 Å². The minimum Gasteiger partial charge on any atom is -0.378 e. The first-order valence-electron chi connectivity index (χ1n) is 6.07. The molecule has 0 aliphatic rings. The van der Waals surface area contributed by atoms with Crippen molar-refractivity contribution in [2.45, 2.75) is 19.4 Å². The maximum Gasteiger partial charge on any atom is 0.125 e. The van der Waals surface area contributed by atoms with Gasteiger partial charge in [0, 0.05) is 5.69 Å². The second kappa shape index (κ2) is 6.27. The topological polar surface area (TPSA) is 12.0 Å². The Morgan fingerprint density at radius 3 is 2.53 bits per heavy atom. The van der Waals surface area contributed by atoms with Crippen molar-refractivity contribution >= 4 is 28.9 Å². The third kappa shape index (κ3) is 3.62. The van der Waals surface area contributed by atoms with Crippen molar-refractivity contribution < 1.29 is 4.39 Å². The third-order valence-electron chi connectivity index (χ3n) is 2.92. The van der Waals surface area contributed by atoms with Crippen molar-refractivity contribution in [3.8, 4) is 0 Å². The zero-order chi connectivity index (χ0) is 13.8. The summed E-state index contributed by atoms with van der Waals surface area (Å²) in [6.07, 6.45) is 0.856. The Labute approximate surface area is 122 Å². The highest BCUT2D eigenvalue weighted by molar-refractivity contribution is 6.42. The summed E-state index contributed by atoms with van der Waals surface area (Å²) >= 11 is 11.9. The van der Waals surface area contributed by atoms with E-state index in [1.165, 1.54) is 12.1 Å². The smallest absolute Gasteiger partial charge is 0.125 e. The quantitative estimate of drug-likeness (QED) is 0.764. The number of hydrogen-bond donors (Lipinski definition) is 1. The van der Waals surface area contributed by atoms with Crippen LogP contribution in [0.2, 0.25) is 10.0 Å². The number of hydrogen-bond acceptors (Lipinski definition) is 1. The maximum atomic E-state index is 13.2. The Kier molecular flexibility index (Phi) is 4.67. The van der Waals surface area contributed by atoms with Crippen LogP contribution in [0.25, 0.3) is 0 Å². The van der Waals surface area contributed by atoms with Crippen LogP contribution in [0, 0.1) is 5.82 Å². The van der Waals surface area contributed by atoms with E-state index < -0.39 is 0 Å². The fraction of sp³-hybridized carbons (Fsp3) is 0.200. The van der Waals surface area contributed by atoms with Crippen LogP contribution in [0.3, 0.4) is 0 Å². The average Bonchev–Trinajstić information content (AvgIpc) is 2.39. The van der Waals surface area contributed by atoms with Gasteiger partial charge in [-0.05, 0) is 42.3 Å². The number of halogens is 3. The molecule has 1 atom stereocenters. The first kappa shape index (κ1) is 14.2. The standard InChI is InChI=1S/C15H14Cl2FN/c1-2-15(10-6-7-13(16)14(17)8-10)19-12-5-3-4-11(18)9-12/h3-9,15,19H,2H2,1H3. The van der Waals surface area contributed by atoms with Crippen LogP contribution < -0.4 is 5.32 Å². The summed E-state index contributed by atoms with van der Waals surface area (Å²) in [5.74, 6) is -0.256. The van der Waals surface area contributed by atoms with Gasteiger partial charge in [0.2, 0.25) is 0 Å². The van der Waals surface area contributed by atoms with Gasteiger partial charge in [-0.1, -0.05) is 42.3 Å². The van der Waals surface area contributed by atoms with Crippen molar-refractivity contribution in [3.63, 3.8) is 0 Å². The molecule has 0 amide bonds. The minimum atomic E-state index is -0.256. The molecular formula is C15H14Cl2FN. The molecule has 4 heteroatoms. The highest BCUT2D eigenvalue weighted by Gasteiger charge is 2.11. The molecule has 0 aliphatic heterocycles. The van der Waals surface area contributed by atoms with E-state index in [1.54, 1.807) is 12.1 Å². The molecule has 100 valence electrons. The van der Waals surface area contributed by atoms with Crippen LogP contribution in [0.15, 0.2) is 42.5 Å². The van der Waals surface area contributed by atoms with Crippen molar-refractivity contribution in [3.05, 3.63) is 63.9 Å². The highest BCUT2D eigenvalue weighted by Crippen LogP contribution is 2.29. The Morgan fingerprint density at radius 2 is 1.89 bits per heavy atom. The van der Waals surface area contributed by atoms with E-state index in [9.17, 15) is 4.39 Å². The number of rotatable bonds is 4. The van der Waals surface area contributed by atoms with Gasteiger partial charge in [0.15, 0.2) is 0 Å². The Morgan fingerprint density at radius 1 is 1.11 bits per heavy atom. The van der Waals surface area contributed by atoms with Gasteiger partial charge in [0.25, 0.3) is 0 Å². The first-order valence-corrected chi connectivity index (χ1v) is 6.82. The lowest BCUT2D eigenvalue weighted by atomic mass is 10.0. The number of anilines is 1. The Bertz CT molecular complexity index is 572. The molecule has 1 N–H and O–H groups in total. The fourth-order valence-corrected chi connectivity index (χ4v) is 2.24. The van der Waals surface area contributed by atoms with Crippen molar-refractivity contribution in [2.24, 2.45) is 0 Å². The SMILES string of the molecule is CCC(Nc1cccc(F)c1)c1ccc(Cl)c(Cl)c1. The molecule has 19 heavy (non-hydrogen) atoms. The summed E-state index contributed by atoms with van der Waals surface area (Å²) in [6, 6.07) is 12.0. The van der Waals surface area contributed by atoms with Crippen LogP contribution >= 0.6 is 23.2 Å². The van der Waals surface area contributed by atoms with Gasteiger partial charge in [0.1, 0.15) is 5.82 Å². The van der Waals surface area contributed by atoms with Gasteiger partial charge in [-0.3, -0.25) is 0 Å². The van der Waals surface area contributed by atoms with Crippen LogP contribution in [-0.4, -0.2) is 0 Å². The van der Waals surface area contributed by atoms with Crippen LogP contribution in [0.5, 0.6) is 0 Å². The molecule has 0 saturated heterocycles. The van der Waals surface area contributed by atoms with E-state index in [2.05, 4.69) is 12.2 Å². The summed E-state index contributed by atoms with van der Waals surface area (Å²) in [5.41, 5.74) is 1.78. The average molecular weight is 298 g/mol. The van der Waals surface area contributed by atoms with E-state index in [-0.39, 0.29) is 11.9 Å². The van der Waals surface area contributed by atoms with Gasteiger partial charge in [0.05, 0.1) is 16.1 Å². The van der Waals surface area contributed by atoms with Crippen molar-refractivity contribution in [2.75, 3.05) is 5.32 Å². The molecule has 0 spiro atoms. The zero-order valence-corrected chi connectivity index (χ0v) is 12.0. The van der Waals surface area contributed by atoms with Crippen LogP contribution in [-0.2, 0) is 0 Å². The molecule has 2 rings (SSSR count). The summed E-state index contributed by atoms with van der Waals surface area (Å²) < 4.78 is 13.2. The van der Waals surface area contributed by atoms with Crippen molar-refractivity contribution in [1.29, 1.82) is 0 Å². The molecule has 2 aromatic carbocycles. The lowest BCUT2D eigenvalue weighted by molar-refractivity contribution is 0.627. The molecule has 0 heterocycles. The van der Waals surface area contributed by atoms with Gasteiger partial charge in [-0.25, -0.2) is 4.39 Å². The van der Waals surface area contributed by atoms with Crippen molar-refractivity contribution in [1.82, 2.24) is 0 Å². The van der Waals surface area contributed by atoms with E-state index in [1.807, 2.05) is 18.2 Å². The number of nitrogens with one attached hydrogen (secondary N) is 1. The van der Waals surface area contributed by atoms with Gasteiger partial charge < -0.3 is 5.32 Å². The minimum absolute atomic E-state index is 0.0663. The predicted octanol–water partition coefficient (Wildman–Crippen LogP) is 5.70. The highest BCUT2D eigenvalue weighted by atomic mass is 35.5. The second-order valence-corrected chi connectivity index (χ2v) is 5.10. The molecule has 2 aromatic rings. The number of benzene rings is 2. The fourth-order valence-electron chi connectivity index (χ4n) is 1.93. The first-order chi connectivity index (χ1) is 9.10. The largest absolute Gasteiger partial charge is 0.378 e. The molecule has 0 saturated carbocycles. The monoisotopic (exact) mass is 297 g/mol. The Hall–Kier alpha value is -1.25. The van der Waals surface area contributed by atoms with Gasteiger partial charge in [-0.2, -0.15) is 0 Å². The predicted molar refractivity (Wildman–Crippen MR) is 79.5 cm³/mol. The van der Waals surface area contributed by atoms with E-state index in [0.29, 0.717) is 10.0 Å². The molecule has 0 aliphatic carbocycles. The van der Waals surface area contributed by atoms with Crippen LogP contribution in [0.1, 0.15) is 24.9 Å². The molecular weight excluding hydrogens is 284 g/mol. The molecule has 0 radical (unpaired) electrons. The Balaban J connectivity index is 2.22. The molecule has 0 aromatic heterocycles. The summed E-state index contributed by atoms with van der Waals surface area (Å²) in [5, 5.41) is 4.35. The van der Waals surface area contributed by atoms with Crippen LogP contribution in [0.4, 0.5) is 10.1 Å². The normalized spacial score (nSPS) is 12.2.